The van der Waals surface area contributed by atoms with Gasteiger partial charge in [0.1, 0.15) is 5.52 Å². The maximum absolute atomic E-state index is 13.3. The Morgan fingerprint density at radius 3 is 2.21 bits per heavy atom. The van der Waals surface area contributed by atoms with Gasteiger partial charge in [-0.1, -0.05) is 77.0 Å². The van der Waals surface area contributed by atoms with Gasteiger partial charge in [0, 0.05) is 11.1 Å². The van der Waals surface area contributed by atoms with Crippen LogP contribution in [-0.2, 0) is 0 Å². The Morgan fingerprint density at radius 1 is 0.828 bits per heavy atom. The number of aromatic nitrogens is 4. The number of hydrogen-bond donors (Lipinski definition) is 0. The molecule has 2 aromatic heterocycles. The van der Waals surface area contributed by atoms with E-state index in [9.17, 15) is 4.79 Å². The van der Waals surface area contributed by atoms with E-state index in [1.807, 2.05) is 86.6 Å². The summed E-state index contributed by atoms with van der Waals surface area (Å²) in [6.07, 6.45) is 0. The third kappa shape index (κ3) is 2.88. The van der Waals surface area contributed by atoms with Crippen LogP contribution in [0.25, 0.3) is 27.8 Å². The summed E-state index contributed by atoms with van der Waals surface area (Å²) in [7, 11) is 0. The average Bonchev–Trinajstić information content (AvgIpc) is 3.19. The highest BCUT2D eigenvalue weighted by Crippen LogP contribution is 2.29. The molecule has 0 N–H and O–H groups in total. The summed E-state index contributed by atoms with van der Waals surface area (Å²) >= 11 is 0. The average molecular weight is 378 g/mol. The lowest BCUT2D eigenvalue weighted by Gasteiger charge is -2.08. The van der Waals surface area contributed by atoms with E-state index in [-0.39, 0.29) is 5.78 Å². The lowest BCUT2D eigenvalue weighted by Crippen LogP contribution is -2.04. The molecule has 2 heterocycles. The van der Waals surface area contributed by atoms with Gasteiger partial charge in [-0.05, 0) is 26.0 Å². The van der Waals surface area contributed by atoms with Crippen LogP contribution in [0.15, 0.2) is 72.8 Å². The summed E-state index contributed by atoms with van der Waals surface area (Å²) in [5.41, 5.74) is 7.01. The lowest BCUT2D eigenvalue weighted by molar-refractivity contribution is 0.103. The van der Waals surface area contributed by atoms with Gasteiger partial charge < -0.3 is 0 Å². The molecule has 0 spiro atoms. The molecule has 0 fully saturated rings. The van der Waals surface area contributed by atoms with Crippen molar-refractivity contribution in [1.82, 2.24) is 19.8 Å². The van der Waals surface area contributed by atoms with Gasteiger partial charge in [0.15, 0.2) is 5.69 Å². The number of rotatable bonds is 3. The molecule has 0 aliphatic rings. The van der Waals surface area contributed by atoms with Crippen molar-refractivity contribution >= 4 is 22.3 Å². The molecule has 0 saturated heterocycles. The summed E-state index contributed by atoms with van der Waals surface area (Å²) < 4.78 is 1.72. The molecule has 0 radical (unpaired) electrons. The molecule has 5 rings (SSSR count). The topological polar surface area (TPSA) is 60.2 Å². The number of carbonyl (C=O) groups is 1. The monoisotopic (exact) mass is 378 g/mol. The molecule has 3 aromatic carbocycles. The Hall–Kier alpha value is -3.86. The summed E-state index contributed by atoms with van der Waals surface area (Å²) in [6, 6.07) is 23.3. The van der Waals surface area contributed by atoms with E-state index in [4.69, 9.17) is 4.98 Å². The third-order valence-electron chi connectivity index (χ3n) is 5.09. The first-order chi connectivity index (χ1) is 14.1. The molecule has 140 valence electrons. The summed E-state index contributed by atoms with van der Waals surface area (Å²) in [5, 5.41) is 8.59. The maximum Gasteiger partial charge on any atom is 0.215 e. The van der Waals surface area contributed by atoms with Crippen molar-refractivity contribution in [1.29, 1.82) is 0 Å². The summed E-state index contributed by atoms with van der Waals surface area (Å²) in [4.78, 5) is 18.1. The van der Waals surface area contributed by atoms with Crippen LogP contribution < -0.4 is 0 Å². The van der Waals surface area contributed by atoms with Crippen molar-refractivity contribution in [2.45, 2.75) is 13.8 Å². The molecule has 0 amide bonds. The summed E-state index contributed by atoms with van der Waals surface area (Å²) in [5.74, 6) is -0.162. The summed E-state index contributed by atoms with van der Waals surface area (Å²) in [6.45, 7) is 4.04. The minimum Gasteiger partial charge on any atom is -0.287 e. The number of hydrogen-bond acceptors (Lipinski definition) is 4. The molecule has 5 nitrogen and oxygen atoms in total. The molecule has 5 heteroatoms. The Kier molecular flexibility index (Phi) is 3.95. The van der Waals surface area contributed by atoms with Crippen LogP contribution in [0.1, 0.15) is 27.2 Å². The van der Waals surface area contributed by atoms with Crippen LogP contribution in [0, 0.1) is 13.8 Å². The molecular weight excluding hydrogens is 360 g/mol. The normalized spacial score (nSPS) is 11.2. The molecule has 0 bridgehead atoms. The maximum atomic E-state index is 13.3. The quantitative estimate of drug-likeness (QED) is 0.424. The molecule has 0 unspecified atom stereocenters. The minimum atomic E-state index is -0.162. The Labute approximate surface area is 167 Å². The van der Waals surface area contributed by atoms with Gasteiger partial charge in [0.2, 0.25) is 5.78 Å². The van der Waals surface area contributed by atoms with E-state index in [2.05, 4.69) is 10.3 Å². The highest BCUT2D eigenvalue weighted by atomic mass is 16.1. The number of para-hydroxylation sites is 2. The first-order valence-corrected chi connectivity index (χ1v) is 9.44. The number of fused-ring (bicyclic) bond motifs is 3. The predicted molar refractivity (Wildman–Crippen MR) is 113 cm³/mol. The van der Waals surface area contributed by atoms with Crippen LogP contribution in [-0.4, -0.2) is 25.6 Å². The second kappa shape index (κ2) is 6.63. The van der Waals surface area contributed by atoms with Gasteiger partial charge in [0.05, 0.1) is 16.7 Å². The van der Waals surface area contributed by atoms with Gasteiger partial charge >= 0.3 is 0 Å². The fraction of sp³-hybridized carbons (Fsp3) is 0.0833. The van der Waals surface area contributed by atoms with Gasteiger partial charge in [-0.3, -0.25) is 4.79 Å². The number of carbonyl (C=O) groups excluding carboxylic acids is 1. The Morgan fingerprint density at radius 2 is 1.48 bits per heavy atom. The van der Waals surface area contributed by atoms with E-state index in [1.165, 1.54) is 0 Å². The van der Waals surface area contributed by atoms with Gasteiger partial charge in [-0.15, -0.1) is 5.10 Å². The molecule has 0 aliphatic heterocycles. The standard InChI is InChI=1S/C24H18N4O/c1-15-7-11-17(12-8-15)21-23-22(24(29)18-13-9-16(2)10-14-18)26-27-28(23)20-6-4-3-5-19(20)25-21/h3-14H,1-2H3. The number of nitrogens with zero attached hydrogens (tertiary/aromatic N) is 4. The number of aryl methyl sites for hydroxylation is 2. The third-order valence-corrected chi connectivity index (χ3v) is 5.09. The number of ketones is 1. The van der Waals surface area contributed by atoms with Crippen LogP contribution in [0.3, 0.4) is 0 Å². The molecular formula is C24H18N4O. The second-order valence-corrected chi connectivity index (χ2v) is 7.21. The molecule has 0 saturated carbocycles. The zero-order valence-corrected chi connectivity index (χ0v) is 16.1. The van der Waals surface area contributed by atoms with Crippen molar-refractivity contribution in [2.75, 3.05) is 0 Å². The first-order valence-electron chi connectivity index (χ1n) is 9.44. The highest BCUT2D eigenvalue weighted by Gasteiger charge is 2.22. The van der Waals surface area contributed by atoms with E-state index >= 15 is 0 Å². The predicted octanol–water partition coefficient (Wildman–Crippen LogP) is 4.79. The van der Waals surface area contributed by atoms with Crippen molar-refractivity contribution in [3.63, 3.8) is 0 Å². The number of benzene rings is 3. The zero-order chi connectivity index (χ0) is 20.0. The van der Waals surface area contributed by atoms with Gasteiger partial charge in [-0.2, -0.15) is 0 Å². The highest BCUT2D eigenvalue weighted by molar-refractivity contribution is 6.13. The first kappa shape index (κ1) is 17.3. The lowest BCUT2D eigenvalue weighted by atomic mass is 10.0. The Bertz CT molecular complexity index is 1370. The SMILES string of the molecule is Cc1ccc(C(=O)c2nnn3c2c(-c2ccc(C)cc2)nc2ccccc23)cc1. The van der Waals surface area contributed by atoms with E-state index in [0.29, 0.717) is 22.5 Å². The fourth-order valence-electron chi connectivity index (χ4n) is 3.48. The van der Waals surface area contributed by atoms with Crippen LogP contribution in [0.4, 0.5) is 0 Å². The van der Waals surface area contributed by atoms with E-state index in [0.717, 1.165) is 27.7 Å². The zero-order valence-electron chi connectivity index (χ0n) is 16.1. The van der Waals surface area contributed by atoms with Crippen molar-refractivity contribution < 1.29 is 4.79 Å². The fourth-order valence-corrected chi connectivity index (χ4v) is 3.48. The molecule has 0 atom stereocenters. The van der Waals surface area contributed by atoms with E-state index < -0.39 is 0 Å². The van der Waals surface area contributed by atoms with Crippen molar-refractivity contribution in [2.24, 2.45) is 0 Å². The van der Waals surface area contributed by atoms with Crippen LogP contribution in [0.5, 0.6) is 0 Å². The van der Waals surface area contributed by atoms with Gasteiger partial charge in [0.25, 0.3) is 0 Å². The van der Waals surface area contributed by atoms with Gasteiger partial charge in [-0.25, -0.2) is 9.50 Å². The van der Waals surface area contributed by atoms with E-state index in [1.54, 1.807) is 4.52 Å². The smallest absolute Gasteiger partial charge is 0.215 e. The molecule has 29 heavy (non-hydrogen) atoms. The Balaban J connectivity index is 1.82. The van der Waals surface area contributed by atoms with Crippen LogP contribution in [0.2, 0.25) is 0 Å². The van der Waals surface area contributed by atoms with Crippen molar-refractivity contribution in [3.8, 4) is 11.3 Å². The minimum absolute atomic E-state index is 0.162. The van der Waals surface area contributed by atoms with Crippen molar-refractivity contribution in [3.05, 3.63) is 95.2 Å². The largest absolute Gasteiger partial charge is 0.287 e. The molecule has 5 aromatic rings. The second-order valence-electron chi connectivity index (χ2n) is 7.21. The molecule has 0 aliphatic carbocycles. The van der Waals surface area contributed by atoms with Crippen LogP contribution >= 0.6 is 0 Å².